The van der Waals surface area contributed by atoms with Crippen LogP contribution in [0.3, 0.4) is 0 Å². The van der Waals surface area contributed by atoms with E-state index in [1.54, 1.807) is 18.2 Å². The molecule has 0 bridgehead atoms. The number of carbonyl (C=O) groups excluding carboxylic acids is 1. The molecule has 0 spiro atoms. The van der Waals surface area contributed by atoms with Crippen LogP contribution in [0.2, 0.25) is 0 Å². The molecule has 0 saturated carbocycles. The molecule has 1 rings (SSSR count). The summed E-state index contributed by atoms with van der Waals surface area (Å²) in [5, 5.41) is -0.450. The molecule has 0 saturated heterocycles. The molecule has 0 aromatic heterocycles. The zero-order valence-corrected chi connectivity index (χ0v) is 11.7. The summed E-state index contributed by atoms with van der Waals surface area (Å²) >= 11 is 15.4. The lowest BCUT2D eigenvalue weighted by atomic mass is 10.2. The lowest BCUT2D eigenvalue weighted by Gasteiger charge is -2.06. The van der Waals surface area contributed by atoms with Crippen LogP contribution in [0, 0.1) is 0 Å². The van der Waals surface area contributed by atoms with E-state index in [1.165, 1.54) is 0 Å². The molecule has 1 aromatic carbocycles. The Morgan fingerprint density at radius 1 is 1.38 bits per heavy atom. The largest absolute Gasteiger partial charge is 0.276 e. The summed E-state index contributed by atoms with van der Waals surface area (Å²) in [6.07, 6.45) is 0. The van der Waals surface area contributed by atoms with Gasteiger partial charge in [-0.25, -0.2) is 0 Å². The highest BCUT2D eigenvalue weighted by atomic mass is 79.9. The maximum absolute atomic E-state index is 10.9. The average molecular weight is 391 g/mol. The molecule has 0 aliphatic carbocycles. The minimum atomic E-state index is -0.450. The molecule has 1 aromatic rings. The molecular weight excluding hydrogens is 387 g/mol. The third kappa shape index (κ3) is 3.05. The summed E-state index contributed by atoms with van der Waals surface area (Å²) in [6, 6.07) is 5.19. The Labute approximate surface area is 106 Å². The van der Waals surface area contributed by atoms with E-state index in [4.69, 9.17) is 11.6 Å². The van der Waals surface area contributed by atoms with Gasteiger partial charge in [0, 0.05) is 10.0 Å². The van der Waals surface area contributed by atoms with Gasteiger partial charge in [-0.3, -0.25) is 4.79 Å². The highest BCUT2D eigenvalue weighted by Gasteiger charge is 2.10. The number of hydrogen-bond donors (Lipinski definition) is 0. The first kappa shape index (κ1) is 11.7. The molecule has 1 nitrogen and oxygen atoms in total. The monoisotopic (exact) mass is 388 g/mol. The quantitative estimate of drug-likeness (QED) is 0.531. The van der Waals surface area contributed by atoms with Gasteiger partial charge in [0.15, 0.2) is 0 Å². The van der Waals surface area contributed by atoms with Gasteiger partial charge in [0.25, 0.3) is 5.24 Å². The summed E-state index contributed by atoms with van der Waals surface area (Å²) in [6.45, 7) is 0. The highest BCUT2D eigenvalue weighted by Crippen LogP contribution is 2.35. The topological polar surface area (TPSA) is 17.1 Å². The van der Waals surface area contributed by atoms with Gasteiger partial charge in [-0.15, -0.1) is 0 Å². The van der Waals surface area contributed by atoms with Crippen LogP contribution in [0.4, 0.5) is 0 Å². The second-order valence-corrected chi connectivity index (χ2v) is 6.57. The van der Waals surface area contributed by atoms with Gasteiger partial charge in [-0.05, 0) is 35.4 Å². The van der Waals surface area contributed by atoms with Crippen LogP contribution in [0.5, 0.6) is 0 Å². The summed E-state index contributed by atoms with van der Waals surface area (Å²) in [5.41, 5.74) is 1.43. The molecule has 0 radical (unpaired) electrons. The van der Waals surface area contributed by atoms with Gasteiger partial charge >= 0.3 is 0 Å². The second kappa shape index (κ2) is 4.91. The van der Waals surface area contributed by atoms with E-state index < -0.39 is 5.24 Å². The number of hydrogen-bond acceptors (Lipinski definition) is 1. The van der Waals surface area contributed by atoms with Crippen molar-refractivity contribution in [3.8, 4) is 0 Å². The van der Waals surface area contributed by atoms with Crippen LogP contribution in [0.1, 0.15) is 19.7 Å². The molecule has 0 fully saturated rings. The Morgan fingerprint density at radius 2 is 2.00 bits per heavy atom. The van der Waals surface area contributed by atoms with Crippen molar-refractivity contribution in [1.82, 2.24) is 0 Å². The van der Waals surface area contributed by atoms with E-state index in [1.807, 2.05) is 0 Å². The fraction of sp³-hybridized carbons (Fsp3) is 0.125. The van der Waals surface area contributed by atoms with Crippen LogP contribution >= 0.6 is 59.4 Å². The van der Waals surface area contributed by atoms with Crippen molar-refractivity contribution < 1.29 is 4.79 Å². The number of rotatable bonds is 2. The summed E-state index contributed by atoms with van der Waals surface area (Å²) < 4.78 is 0.929. The van der Waals surface area contributed by atoms with Gasteiger partial charge in [-0.1, -0.05) is 47.8 Å². The third-order valence-corrected chi connectivity index (χ3v) is 3.38. The third-order valence-electron chi connectivity index (χ3n) is 1.46. The first-order valence-electron chi connectivity index (χ1n) is 3.30. The van der Waals surface area contributed by atoms with E-state index in [2.05, 4.69) is 47.8 Å². The van der Waals surface area contributed by atoms with E-state index >= 15 is 0 Å². The first-order valence-corrected chi connectivity index (χ1v) is 6.30. The molecule has 0 atom stereocenters. The molecular formula is C8H4Br3ClO. The number of halogens is 4. The fourth-order valence-electron chi connectivity index (χ4n) is 0.833. The summed E-state index contributed by atoms with van der Waals surface area (Å²) in [7, 11) is 0. The van der Waals surface area contributed by atoms with Crippen molar-refractivity contribution in [2.24, 2.45) is 0 Å². The summed E-state index contributed by atoms with van der Waals surface area (Å²) in [4.78, 5) is 10.9. The SMILES string of the molecule is O=C(Cl)c1ccc(Br)c(C(Br)Br)c1. The molecule has 70 valence electrons. The maximum atomic E-state index is 10.9. The lowest BCUT2D eigenvalue weighted by molar-refractivity contribution is 0.108. The predicted molar refractivity (Wildman–Crippen MR) is 64.9 cm³/mol. The molecule has 0 aliphatic heterocycles. The minimum absolute atomic E-state index is 0.00495. The highest BCUT2D eigenvalue weighted by molar-refractivity contribution is 9.24. The normalized spacial score (nSPS) is 10.5. The van der Waals surface area contributed by atoms with E-state index in [9.17, 15) is 4.79 Å². The Hall–Kier alpha value is 0.620. The van der Waals surface area contributed by atoms with Crippen molar-refractivity contribution in [3.63, 3.8) is 0 Å². The second-order valence-electron chi connectivity index (χ2n) is 2.31. The first-order chi connectivity index (χ1) is 6.02. The molecule has 0 N–H and O–H groups in total. The standard InChI is InChI=1S/C8H4Br3ClO/c9-6-2-1-4(8(12)13)3-5(6)7(10)11/h1-3,7H. The predicted octanol–water partition coefficient (Wildman–Crippen LogP) is 4.62. The average Bonchev–Trinajstić information content (AvgIpc) is 2.04. The molecule has 0 unspecified atom stereocenters. The van der Waals surface area contributed by atoms with E-state index in [0.717, 1.165) is 10.0 Å². The molecule has 0 heterocycles. The molecule has 0 amide bonds. The van der Waals surface area contributed by atoms with E-state index in [-0.39, 0.29) is 3.74 Å². The van der Waals surface area contributed by atoms with Gasteiger partial charge in [0.05, 0.1) is 3.74 Å². The van der Waals surface area contributed by atoms with Gasteiger partial charge in [0.2, 0.25) is 0 Å². The Morgan fingerprint density at radius 3 is 2.46 bits per heavy atom. The Kier molecular flexibility index (Phi) is 4.42. The smallest absolute Gasteiger partial charge is 0.252 e. The van der Waals surface area contributed by atoms with Crippen LogP contribution in [0.15, 0.2) is 22.7 Å². The number of alkyl halides is 2. The molecule has 5 heteroatoms. The number of carbonyl (C=O) groups is 1. The van der Waals surface area contributed by atoms with Crippen LogP contribution in [-0.4, -0.2) is 5.24 Å². The van der Waals surface area contributed by atoms with Crippen molar-refractivity contribution in [2.45, 2.75) is 3.74 Å². The van der Waals surface area contributed by atoms with Gasteiger partial charge < -0.3 is 0 Å². The van der Waals surface area contributed by atoms with Crippen molar-refractivity contribution >= 4 is 64.6 Å². The fourth-order valence-corrected chi connectivity index (χ4v) is 2.80. The number of benzene rings is 1. The van der Waals surface area contributed by atoms with Crippen LogP contribution in [0.25, 0.3) is 0 Å². The van der Waals surface area contributed by atoms with Crippen molar-refractivity contribution in [3.05, 3.63) is 33.8 Å². The van der Waals surface area contributed by atoms with Crippen molar-refractivity contribution in [2.75, 3.05) is 0 Å². The Balaban J connectivity index is 3.19. The van der Waals surface area contributed by atoms with Crippen LogP contribution in [-0.2, 0) is 0 Å². The minimum Gasteiger partial charge on any atom is -0.276 e. The van der Waals surface area contributed by atoms with Crippen molar-refractivity contribution in [1.29, 1.82) is 0 Å². The zero-order chi connectivity index (χ0) is 10.0. The van der Waals surface area contributed by atoms with E-state index in [0.29, 0.717) is 5.56 Å². The molecule has 13 heavy (non-hydrogen) atoms. The van der Waals surface area contributed by atoms with Gasteiger partial charge in [-0.2, -0.15) is 0 Å². The molecule has 0 aliphatic rings. The Bertz CT molecular complexity index is 338. The van der Waals surface area contributed by atoms with Gasteiger partial charge in [0.1, 0.15) is 0 Å². The zero-order valence-electron chi connectivity index (χ0n) is 6.23. The van der Waals surface area contributed by atoms with Crippen LogP contribution < -0.4 is 0 Å². The lowest BCUT2D eigenvalue weighted by Crippen LogP contribution is -1.92. The summed E-state index contributed by atoms with van der Waals surface area (Å²) in [5.74, 6) is 0. The maximum Gasteiger partial charge on any atom is 0.252 e.